The lowest BCUT2D eigenvalue weighted by atomic mass is 10.1. The Morgan fingerprint density at radius 3 is 2.33 bits per heavy atom. The van der Waals surface area contributed by atoms with Crippen LogP contribution in [0.2, 0.25) is 0 Å². The van der Waals surface area contributed by atoms with Gasteiger partial charge in [0.1, 0.15) is 11.9 Å². The van der Waals surface area contributed by atoms with Gasteiger partial charge in [-0.2, -0.15) is 0 Å². The Morgan fingerprint density at radius 1 is 1.20 bits per heavy atom. The van der Waals surface area contributed by atoms with Gasteiger partial charge in [0.05, 0.1) is 24.1 Å². The van der Waals surface area contributed by atoms with Gasteiger partial charge in [0.15, 0.2) is 9.84 Å². The van der Waals surface area contributed by atoms with Crippen molar-refractivity contribution in [2.45, 2.75) is 58.7 Å². The molecule has 2 fully saturated rings. The molecule has 0 bridgehead atoms. The number of carbonyl (C=O) groups excluding carboxylic acids is 1. The van der Waals surface area contributed by atoms with Gasteiger partial charge in [-0.15, -0.1) is 0 Å². The highest BCUT2D eigenvalue weighted by molar-refractivity contribution is 7.90. The average molecular weight is 448 g/mol. The standard InChI is InChI=1S/C20H34FN3O5S/c1-15(2)28-20(25)24-11-7-18(8-12-24)29-22-17-5-9-23(10-6-17)13-19(21)16(3)14-30(4,26)27/h15,18H,5-14H2,1-4H3/b19-16-. The molecule has 2 saturated heterocycles. The SMILES string of the molecule is C/C(CS(C)(=O)=O)=C(/F)CN1CCC(=NOC2CCN(C(=O)OC(C)C)CC2)CC1. The fourth-order valence-electron chi connectivity index (χ4n) is 3.43. The zero-order valence-electron chi connectivity index (χ0n) is 18.4. The molecular weight excluding hydrogens is 413 g/mol. The lowest BCUT2D eigenvalue weighted by Gasteiger charge is -2.31. The fourth-order valence-corrected chi connectivity index (χ4v) is 4.38. The molecule has 0 atom stereocenters. The molecule has 172 valence electrons. The summed E-state index contributed by atoms with van der Waals surface area (Å²) in [5.41, 5.74) is 1.22. The second-order valence-electron chi connectivity index (χ2n) is 8.41. The molecule has 0 aliphatic carbocycles. The van der Waals surface area contributed by atoms with E-state index in [-0.39, 0.29) is 42.0 Å². The number of rotatable bonds is 7. The first-order chi connectivity index (χ1) is 14.0. The molecule has 10 heteroatoms. The average Bonchev–Trinajstić information content (AvgIpc) is 2.66. The van der Waals surface area contributed by atoms with E-state index in [0.717, 1.165) is 12.0 Å². The summed E-state index contributed by atoms with van der Waals surface area (Å²) < 4.78 is 42.1. The van der Waals surface area contributed by atoms with Gasteiger partial charge in [-0.25, -0.2) is 17.6 Å². The predicted octanol–water partition coefficient (Wildman–Crippen LogP) is 2.75. The van der Waals surface area contributed by atoms with E-state index in [9.17, 15) is 17.6 Å². The molecule has 0 saturated carbocycles. The molecular formula is C20H34FN3O5S. The highest BCUT2D eigenvalue weighted by Crippen LogP contribution is 2.18. The molecule has 0 unspecified atom stereocenters. The Balaban J connectivity index is 1.72. The van der Waals surface area contributed by atoms with Crippen molar-refractivity contribution in [3.63, 3.8) is 0 Å². The Bertz CT molecular complexity index is 748. The third kappa shape index (κ3) is 8.59. The summed E-state index contributed by atoms with van der Waals surface area (Å²) in [6, 6.07) is 0. The van der Waals surface area contributed by atoms with E-state index in [1.807, 2.05) is 18.7 Å². The van der Waals surface area contributed by atoms with Gasteiger partial charge in [-0.05, 0) is 26.3 Å². The third-order valence-electron chi connectivity index (χ3n) is 5.11. The number of halogens is 1. The first-order valence-corrected chi connectivity index (χ1v) is 12.5. The maximum absolute atomic E-state index is 14.2. The van der Waals surface area contributed by atoms with E-state index >= 15 is 0 Å². The van der Waals surface area contributed by atoms with E-state index in [1.165, 1.54) is 6.92 Å². The van der Waals surface area contributed by atoms with Crippen LogP contribution in [0.25, 0.3) is 0 Å². The normalized spacial score (nSPS) is 20.2. The molecule has 0 aromatic heterocycles. The van der Waals surface area contributed by atoms with Crippen LogP contribution in [0.4, 0.5) is 9.18 Å². The van der Waals surface area contributed by atoms with E-state index in [2.05, 4.69) is 5.16 Å². The molecule has 0 aromatic rings. The summed E-state index contributed by atoms with van der Waals surface area (Å²) in [6.07, 6.45) is 3.49. The highest BCUT2D eigenvalue weighted by atomic mass is 32.2. The number of amides is 1. The van der Waals surface area contributed by atoms with Crippen molar-refractivity contribution in [1.29, 1.82) is 0 Å². The molecule has 8 nitrogen and oxygen atoms in total. The molecule has 2 rings (SSSR count). The molecule has 0 N–H and O–H groups in total. The first-order valence-electron chi connectivity index (χ1n) is 10.4. The number of oxime groups is 1. The van der Waals surface area contributed by atoms with Crippen LogP contribution in [-0.2, 0) is 19.4 Å². The Labute approximate surface area is 179 Å². The summed E-state index contributed by atoms with van der Waals surface area (Å²) in [7, 11) is -3.23. The molecule has 0 radical (unpaired) electrons. The van der Waals surface area contributed by atoms with E-state index in [0.29, 0.717) is 51.9 Å². The van der Waals surface area contributed by atoms with Gasteiger partial charge in [0.25, 0.3) is 0 Å². The van der Waals surface area contributed by atoms with Gasteiger partial charge in [-0.3, -0.25) is 4.90 Å². The first kappa shape index (κ1) is 24.6. The second-order valence-corrected chi connectivity index (χ2v) is 10.6. The Morgan fingerprint density at radius 2 is 1.80 bits per heavy atom. The lowest BCUT2D eigenvalue weighted by Crippen LogP contribution is -2.41. The Hall–Kier alpha value is -1.68. The van der Waals surface area contributed by atoms with Crippen molar-refractivity contribution < 1.29 is 27.2 Å². The van der Waals surface area contributed by atoms with Gasteiger partial charge in [-0.1, -0.05) is 5.16 Å². The van der Waals surface area contributed by atoms with Crippen molar-refractivity contribution in [2.24, 2.45) is 5.16 Å². The smallest absolute Gasteiger partial charge is 0.410 e. The molecule has 2 aliphatic heterocycles. The van der Waals surface area contributed by atoms with Crippen LogP contribution in [0.15, 0.2) is 16.6 Å². The lowest BCUT2D eigenvalue weighted by molar-refractivity contribution is 0.00385. The number of ether oxygens (including phenoxy) is 1. The van der Waals surface area contributed by atoms with Gasteiger partial charge < -0.3 is 14.5 Å². The van der Waals surface area contributed by atoms with Crippen molar-refractivity contribution in [1.82, 2.24) is 9.80 Å². The zero-order valence-corrected chi connectivity index (χ0v) is 19.2. The summed E-state index contributed by atoms with van der Waals surface area (Å²) in [4.78, 5) is 21.2. The maximum atomic E-state index is 14.2. The minimum Gasteiger partial charge on any atom is -0.447 e. The monoisotopic (exact) mass is 447 g/mol. The summed E-state index contributed by atoms with van der Waals surface area (Å²) in [5.74, 6) is -0.624. The number of carbonyl (C=O) groups is 1. The second kappa shape index (κ2) is 11.1. The summed E-state index contributed by atoms with van der Waals surface area (Å²) in [5, 5.41) is 4.29. The van der Waals surface area contributed by atoms with Crippen molar-refractivity contribution in [2.75, 3.05) is 44.7 Å². The molecule has 2 aliphatic rings. The minimum atomic E-state index is -3.23. The van der Waals surface area contributed by atoms with Crippen LogP contribution < -0.4 is 0 Å². The van der Waals surface area contributed by atoms with Crippen LogP contribution in [0, 0.1) is 0 Å². The zero-order chi connectivity index (χ0) is 22.3. The van der Waals surface area contributed by atoms with Crippen molar-refractivity contribution >= 4 is 21.6 Å². The number of hydrogen-bond acceptors (Lipinski definition) is 7. The topological polar surface area (TPSA) is 88.5 Å². The van der Waals surface area contributed by atoms with E-state index < -0.39 is 9.84 Å². The summed E-state index contributed by atoms with van der Waals surface area (Å²) in [6.45, 7) is 7.80. The quantitative estimate of drug-likeness (QED) is 0.558. The van der Waals surface area contributed by atoms with Crippen LogP contribution in [-0.4, -0.2) is 87.0 Å². The molecule has 30 heavy (non-hydrogen) atoms. The third-order valence-corrected chi connectivity index (χ3v) is 6.06. The van der Waals surface area contributed by atoms with Crippen LogP contribution in [0.1, 0.15) is 46.5 Å². The van der Waals surface area contributed by atoms with Gasteiger partial charge in [0, 0.05) is 58.1 Å². The number of likely N-dealkylation sites (tertiary alicyclic amines) is 2. The van der Waals surface area contributed by atoms with Crippen molar-refractivity contribution in [3.8, 4) is 0 Å². The highest BCUT2D eigenvalue weighted by Gasteiger charge is 2.26. The fraction of sp³-hybridized carbons (Fsp3) is 0.800. The van der Waals surface area contributed by atoms with E-state index in [1.54, 1.807) is 4.90 Å². The van der Waals surface area contributed by atoms with Gasteiger partial charge >= 0.3 is 6.09 Å². The van der Waals surface area contributed by atoms with E-state index in [4.69, 9.17) is 9.57 Å². The number of nitrogens with zero attached hydrogens (tertiary/aromatic N) is 3. The molecule has 1 amide bonds. The number of hydrogen-bond donors (Lipinski definition) is 0. The van der Waals surface area contributed by atoms with Crippen molar-refractivity contribution in [3.05, 3.63) is 11.4 Å². The molecule has 0 spiro atoms. The minimum absolute atomic E-state index is 0.0161. The van der Waals surface area contributed by atoms with Crippen LogP contribution in [0.3, 0.4) is 0 Å². The molecule has 0 aromatic carbocycles. The number of sulfone groups is 1. The maximum Gasteiger partial charge on any atom is 0.410 e. The van der Waals surface area contributed by atoms with Gasteiger partial charge in [0.2, 0.25) is 0 Å². The summed E-state index contributed by atoms with van der Waals surface area (Å²) >= 11 is 0. The number of piperidine rings is 2. The van der Waals surface area contributed by atoms with Crippen LogP contribution in [0.5, 0.6) is 0 Å². The van der Waals surface area contributed by atoms with Crippen LogP contribution >= 0.6 is 0 Å². The largest absolute Gasteiger partial charge is 0.447 e. The predicted molar refractivity (Wildman–Crippen MR) is 114 cm³/mol. The Kier molecular flexibility index (Phi) is 9.09. The molecule has 2 heterocycles.